The molecule has 0 radical (unpaired) electrons. The Labute approximate surface area is 103 Å². The highest BCUT2D eigenvalue weighted by Crippen LogP contribution is 2.27. The van der Waals surface area contributed by atoms with Crippen LogP contribution >= 0.6 is 0 Å². The maximum absolute atomic E-state index is 12.2. The summed E-state index contributed by atoms with van der Waals surface area (Å²) < 4.78 is 40.5. The van der Waals surface area contributed by atoms with Crippen LogP contribution in [0.4, 0.5) is 13.2 Å². The van der Waals surface area contributed by atoms with Crippen LogP contribution < -0.4 is 10.1 Å². The second-order valence-electron chi connectivity index (χ2n) is 4.29. The number of hydrogen-bond donors (Lipinski definition) is 2. The van der Waals surface area contributed by atoms with E-state index in [1.165, 1.54) is 12.1 Å². The summed E-state index contributed by atoms with van der Waals surface area (Å²) in [5.74, 6) is -0.202. The van der Waals surface area contributed by atoms with E-state index in [4.69, 9.17) is 0 Å². The Morgan fingerprint density at radius 3 is 2.56 bits per heavy atom. The van der Waals surface area contributed by atoms with Crippen molar-refractivity contribution in [3.05, 3.63) is 29.8 Å². The van der Waals surface area contributed by atoms with Gasteiger partial charge in [0.25, 0.3) is 0 Å². The lowest BCUT2D eigenvalue weighted by Gasteiger charge is -2.33. The molecule has 0 saturated heterocycles. The standard InChI is InChI=1S/C12H14F3NO2/c13-12(14,15)18-11-4-2-1-3-8(11)7-16-9-5-6-10(9)17/h1-4,9-10,16-17H,5-7H2/t9-,10-/m0/s1. The highest BCUT2D eigenvalue weighted by molar-refractivity contribution is 5.33. The highest BCUT2D eigenvalue weighted by Gasteiger charge is 2.32. The number of aliphatic hydroxyl groups excluding tert-OH is 1. The Bertz CT molecular complexity index is 409. The molecule has 1 aliphatic carbocycles. The fourth-order valence-electron chi connectivity index (χ4n) is 1.84. The van der Waals surface area contributed by atoms with Gasteiger partial charge in [-0.15, -0.1) is 13.2 Å². The minimum absolute atomic E-state index is 0.0380. The fraction of sp³-hybridized carbons (Fsp3) is 0.500. The predicted octanol–water partition coefficient (Wildman–Crippen LogP) is 2.20. The van der Waals surface area contributed by atoms with E-state index >= 15 is 0 Å². The third-order valence-corrected chi connectivity index (χ3v) is 2.99. The second-order valence-corrected chi connectivity index (χ2v) is 4.29. The molecule has 0 aliphatic heterocycles. The summed E-state index contributed by atoms with van der Waals surface area (Å²) in [6.07, 6.45) is -3.52. The quantitative estimate of drug-likeness (QED) is 0.873. The van der Waals surface area contributed by atoms with Crippen molar-refractivity contribution in [1.29, 1.82) is 0 Å². The molecule has 1 aliphatic rings. The van der Waals surface area contributed by atoms with Crippen molar-refractivity contribution in [3.8, 4) is 5.75 Å². The second kappa shape index (κ2) is 5.16. The van der Waals surface area contributed by atoms with Crippen LogP contribution in [-0.4, -0.2) is 23.6 Å². The van der Waals surface area contributed by atoms with Gasteiger partial charge >= 0.3 is 6.36 Å². The fourth-order valence-corrected chi connectivity index (χ4v) is 1.84. The molecule has 1 aromatic rings. The van der Waals surface area contributed by atoms with Gasteiger partial charge in [0, 0.05) is 18.2 Å². The first-order chi connectivity index (χ1) is 8.46. The van der Waals surface area contributed by atoms with E-state index < -0.39 is 12.5 Å². The number of aliphatic hydroxyl groups is 1. The average molecular weight is 261 g/mol. The molecule has 0 amide bonds. The molecule has 2 rings (SSSR count). The van der Waals surface area contributed by atoms with E-state index in [1.807, 2.05) is 0 Å². The Morgan fingerprint density at radius 2 is 2.00 bits per heavy atom. The van der Waals surface area contributed by atoms with Crippen LogP contribution in [-0.2, 0) is 6.54 Å². The van der Waals surface area contributed by atoms with E-state index in [2.05, 4.69) is 10.1 Å². The summed E-state index contributed by atoms with van der Waals surface area (Å²) in [7, 11) is 0. The van der Waals surface area contributed by atoms with Crippen LogP contribution in [0.25, 0.3) is 0 Å². The van der Waals surface area contributed by atoms with Gasteiger partial charge in [-0.3, -0.25) is 0 Å². The lowest BCUT2D eigenvalue weighted by atomic mass is 9.89. The third-order valence-electron chi connectivity index (χ3n) is 2.99. The minimum Gasteiger partial charge on any atom is -0.405 e. The van der Waals surface area contributed by atoms with Crippen molar-refractivity contribution in [3.63, 3.8) is 0 Å². The molecule has 1 aromatic carbocycles. The summed E-state index contributed by atoms with van der Waals surface area (Å²) in [4.78, 5) is 0. The van der Waals surface area contributed by atoms with Gasteiger partial charge < -0.3 is 15.2 Å². The molecular weight excluding hydrogens is 247 g/mol. The van der Waals surface area contributed by atoms with Gasteiger partial charge in [-0.05, 0) is 18.9 Å². The molecule has 1 saturated carbocycles. The van der Waals surface area contributed by atoms with Crippen molar-refractivity contribution in [2.45, 2.75) is 37.9 Å². The molecule has 0 spiro atoms. The van der Waals surface area contributed by atoms with Crippen molar-refractivity contribution in [1.82, 2.24) is 5.32 Å². The molecule has 1 fully saturated rings. The zero-order valence-corrected chi connectivity index (χ0v) is 9.57. The Balaban J connectivity index is 1.98. The molecule has 6 heteroatoms. The molecule has 0 bridgehead atoms. The summed E-state index contributed by atoms with van der Waals surface area (Å²) in [5.41, 5.74) is 0.425. The maximum atomic E-state index is 12.2. The van der Waals surface area contributed by atoms with Crippen LogP contribution in [0.5, 0.6) is 5.75 Å². The number of ether oxygens (including phenoxy) is 1. The smallest absolute Gasteiger partial charge is 0.405 e. The molecule has 2 atom stereocenters. The van der Waals surface area contributed by atoms with E-state index in [-0.39, 0.29) is 18.3 Å². The van der Waals surface area contributed by atoms with Crippen LogP contribution in [0.15, 0.2) is 24.3 Å². The SMILES string of the molecule is O[C@H]1CC[C@@H]1NCc1ccccc1OC(F)(F)F. The molecule has 0 aromatic heterocycles. The van der Waals surface area contributed by atoms with Crippen LogP contribution in [0.1, 0.15) is 18.4 Å². The van der Waals surface area contributed by atoms with Gasteiger partial charge in [-0.1, -0.05) is 18.2 Å². The minimum atomic E-state index is -4.69. The van der Waals surface area contributed by atoms with Crippen LogP contribution in [0.2, 0.25) is 0 Å². The molecule has 0 unspecified atom stereocenters. The van der Waals surface area contributed by atoms with Crippen molar-refractivity contribution >= 4 is 0 Å². The Hall–Kier alpha value is -1.27. The molecule has 100 valence electrons. The summed E-state index contributed by atoms with van der Waals surface area (Å²) in [6, 6.07) is 5.95. The lowest BCUT2D eigenvalue weighted by molar-refractivity contribution is -0.274. The molecule has 0 heterocycles. The van der Waals surface area contributed by atoms with E-state index in [0.717, 1.165) is 12.8 Å². The van der Waals surface area contributed by atoms with Gasteiger partial charge in [0.1, 0.15) is 5.75 Å². The number of rotatable bonds is 4. The third kappa shape index (κ3) is 3.36. The summed E-state index contributed by atoms with van der Waals surface area (Å²) in [5, 5.41) is 12.4. The van der Waals surface area contributed by atoms with Crippen molar-refractivity contribution in [2.75, 3.05) is 0 Å². The zero-order valence-electron chi connectivity index (χ0n) is 9.57. The number of hydrogen-bond acceptors (Lipinski definition) is 3. The van der Waals surface area contributed by atoms with Gasteiger partial charge in [0.15, 0.2) is 0 Å². The Kier molecular flexibility index (Phi) is 3.77. The normalized spacial score (nSPS) is 23.6. The monoisotopic (exact) mass is 261 g/mol. The van der Waals surface area contributed by atoms with Crippen LogP contribution in [0.3, 0.4) is 0 Å². The first-order valence-corrected chi connectivity index (χ1v) is 5.71. The number of para-hydroxylation sites is 1. The van der Waals surface area contributed by atoms with Crippen molar-refractivity contribution in [2.24, 2.45) is 0 Å². The van der Waals surface area contributed by atoms with E-state index in [0.29, 0.717) is 5.56 Å². The topological polar surface area (TPSA) is 41.5 Å². The molecule has 3 nitrogen and oxygen atoms in total. The van der Waals surface area contributed by atoms with E-state index in [1.54, 1.807) is 12.1 Å². The van der Waals surface area contributed by atoms with E-state index in [9.17, 15) is 18.3 Å². The number of halogens is 3. The van der Waals surface area contributed by atoms with Crippen molar-refractivity contribution < 1.29 is 23.0 Å². The average Bonchev–Trinajstić information content (AvgIpc) is 2.27. The number of alkyl halides is 3. The lowest BCUT2D eigenvalue weighted by Crippen LogP contribution is -2.47. The van der Waals surface area contributed by atoms with Crippen LogP contribution in [0, 0.1) is 0 Å². The van der Waals surface area contributed by atoms with Gasteiger partial charge in [-0.25, -0.2) is 0 Å². The largest absolute Gasteiger partial charge is 0.573 e. The molecule has 18 heavy (non-hydrogen) atoms. The first-order valence-electron chi connectivity index (χ1n) is 5.71. The summed E-state index contributed by atoms with van der Waals surface area (Å²) >= 11 is 0. The molecule has 2 N–H and O–H groups in total. The Morgan fingerprint density at radius 1 is 1.28 bits per heavy atom. The zero-order chi connectivity index (χ0) is 13.2. The highest BCUT2D eigenvalue weighted by atomic mass is 19.4. The summed E-state index contributed by atoms with van der Waals surface area (Å²) in [6.45, 7) is 0.244. The van der Waals surface area contributed by atoms with Gasteiger partial charge in [0.05, 0.1) is 6.10 Å². The number of nitrogens with one attached hydrogen (secondary N) is 1. The molecular formula is C12H14F3NO2. The number of benzene rings is 1. The maximum Gasteiger partial charge on any atom is 0.573 e. The first kappa shape index (κ1) is 13.2. The van der Waals surface area contributed by atoms with Gasteiger partial charge in [-0.2, -0.15) is 0 Å². The van der Waals surface area contributed by atoms with Gasteiger partial charge in [0.2, 0.25) is 0 Å². The predicted molar refractivity (Wildman–Crippen MR) is 59.0 cm³/mol.